The zero-order chi connectivity index (χ0) is 13.9. The third-order valence-electron chi connectivity index (χ3n) is 4.45. The molecule has 1 unspecified atom stereocenters. The summed E-state index contributed by atoms with van der Waals surface area (Å²) in [6.45, 7) is 12.7. The van der Waals surface area contributed by atoms with Gasteiger partial charge in [0.2, 0.25) is 0 Å². The van der Waals surface area contributed by atoms with Gasteiger partial charge in [0, 0.05) is 24.8 Å². The van der Waals surface area contributed by atoms with Crippen molar-refractivity contribution in [3.8, 4) is 0 Å². The summed E-state index contributed by atoms with van der Waals surface area (Å²) >= 11 is 0. The molecule has 0 fully saturated rings. The van der Waals surface area contributed by atoms with E-state index in [-0.39, 0.29) is 5.41 Å². The summed E-state index contributed by atoms with van der Waals surface area (Å²) in [7, 11) is 0. The Morgan fingerprint density at radius 1 is 1.32 bits per heavy atom. The second-order valence-corrected chi connectivity index (χ2v) is 6.46. The first kappa shape index (κ1) is 14.4. The quantitative estimate of drug-likeness (QED) is 0.842. The third-order valence-corrected chi connectivity index (χ3v) is 4.45. The summed E-state index contributed by atoms with van der Waals surface area (Å²) in [5.74, 6) is 0. The lowest BCUT2D eigenvalue weighted by atomic mass is 9.84. The summed E-state index contributed by atoms with van der Waals surface area (Å²) in [5.41, 5.74) is 3.23. The maximum absolute atomic E-state index is 3.64. The molecule has 1 aliphatic rings. The number of para-hydroxylation sites is 1. The zero-order valence-electron chi connectivity index (χ0n) is 12.9. The minimum Gasteiger partial charge on any atom is -0.370 e. The molecule has 0 saturated heterocycles. The monoisotopic (exact) mass is 260 g/mol. The number of benzene rings is 1. The van der Waals surface area contributed by atoms with Crippen LogP contribution in [0.1, 0.15) is 39.7 Å². The molecule has 2 heteroatoms. The number of fused-ring (bicyclic) bond motifs is 1. The molecule has 1 N–H and O–H groups in total. The van der Waals surface area contributed by atoms with Gasteiger partial charge in [0.15, 0.2) is 0 Å². The van der Waals surface area contributed by atoms with Crippen molar-refractivity contribution in [3.05, 3.63) is 29.8 Å². The van der Waals surface area contributed by atoms with Crippen molar-refractivity contribution in [3.63, 3.8) is 0 Å². The molecule has 1 aromatic rings. The molecule has 2 nitrogen and oxygen atoms in total. The van der Waals surface area contributed by atoms with Crippen LogP contribution in [-0.4, -0.2) is 25.7 Å². The van der Waals surface area contributed by atoms with Crippen molar-refractivity contribution in [2.75, 3.05) is 24.5 Å². The minimum atomic E-state index is 0.284. The summed E-state index contributed by atoms with van der Waals surface area (Å²) < 4.78 is 0. The first-order valence-electron chi connectivity index (χ1n) is 7.61. The van der Waals surface area contributed by atoms with Crippen LogP contribution in [0.15, 0.2) is 24.3 Å². The van der Waals surface area contributed by atoms with Gasteiger partial charge in [-0.2, -0.15) is 0 Å². The van der Waals surface area contributed by atoms with E-state index in [1.54, 1.807) is 0 Å². The Balaban J connectivity index is 2.01. The van der Waals surface area contributed by atoms with Gasteiger partial charge in [-0.15, -0.1) is 0 Å². The van der Waals surface area contributed by atoms with Gasteiger partial charge < -0.3 is 10.2 Å². The molecule has 0 aromatic heterocycles. The van der Waals surface area contributed by atoms with Crippen LogP contribution < -0.4 is 10.2 Å². The smallest absolute Gasteiger partial charge is 0.0399 e. The molecule has 1 aliphatic heterocycles. The van der Waals surface area contributed by atoms with Crippen molar-refractivity contribution in [1.29, 1.82) is 0 Å². The number of rotatable bonds is 6. The number of nitrogens with one attached hydrogen (secondary N) is 1. The van der Waals surface area contributed by atoms with Gasteiger partial charge in [0.25, 0.3) is 0 Å². The van der Waals surface area contributed by atoms with Gasteiger partial charge in [-0.05, 0) is 43.4 Å². The van der Waals surface area contributed by atoms with E-state index < -0.39 is 0 Å². The second kappa shape index (κ2) is 5.96. The van der Waals surface area contributed by atoms with Crippen LogP contribution in [0.3, 0.4) is 0 Å². The van der Waals surface area contributed by atoms with Gasteiger partial charge in [-0.1, -0.05) is 39.0 Å². The van der Waals surface area contributed by atoms with Crippen molar-refractivity contribution in [1.82, 2.24) is 5.32 Å². The maximum atomic E-state index is 3.64. The van der Waals surface area contributed by atoms with Gasteiger partial charge in [0.05, 0.1) is 0 Å². The maximum Gasteiger partial charge on any atom is 0.0399 e. The Labute approximate surface area is 118 Å². The van der Waals surface area contributed by atoms with E-state index in [0.717, 1.165) is 13.1 Å². The number of nitrogens with zero attached hydrogens (tertiary/aromatic N) is 1. The minimum absolute atomic E-state index is 0.284. The van der Waals surface area contributed by atoms with E-state index in [9.17, 15) is 0 Å². The van der Waals surface area contributed by atoms with Crippen LogP contribution in [0, 0.1) is 5.41 Å². The zero-order valence-corrected chi connectivity index (χ0v) is 12.9. The molecular formula is C17H28N2. The molecule has 0 aliphatic carbocycles. The normalized spacial score (nSPS) is 16.5. The highest BCUT2D eigenvalue weighted by Crippen LogP contribution is 2.32. The molecule has 106 valence electrons. The third kappa shape index (κ3) is 3.30. The van der Waals surface area contributed by atoms with E-state index in [0.29, 0.717) is 6.04 Å². The molecule has 1 atom stereocenters. The largest absolute Gasteiger partial charge is 0.370 e. The molecule has 0 radical (unpaired) electrons. The Hall–Kier alpha value is -1.02. The van der Waals surface area contributed by atoms with E-state index in [1.165, 1.54) is 30.6 Å². The lowest BCUT2D eigenvalue weighted by Gasteiger charge is -2.37. The topological polar surface area (TPSA) is 15.3 Å². The lowest BCUT2D eigenvalue weighted by molar-refractivity contribution is 0.261. The Bertz CT molecular complexity index is 411. The highest BCUT2D eigenvalue weighted by molar-refractivity contribution is 5.57. The van der Waals surface area contributed by atoms with Crippen LogP contribution in [0.25, 0.3) is 0 Å². The van der Waals surface area contributed by atoms with E-state index >= 15 is 0 Å². The molecule has 19 heavy (non-hydrogen) atoms. The van der Waals surface area contributed by atoms with Crippen LogP contribution in [0.2, 0.25) is 0 Å². The predicted molar refractivity (Wildman–Crippen MR) is 83.9 cm³/mol. The Kier molecular flexibility index (Phi) is 4.51. The fourth-order valence-electron chi connectivity index (χ4n) is 2.84. The molecular weight excluding hydrogens is 232 g/mol. The van der Waals surface area contributed by atoms with Crippen molar-refractivity contribution in [2.45, 2.75) is 46.6 Å². The van der Waals surface area contributed by atoms with Gasteiger partial charge in [-0.3, -0.25) is 0 Å². The van der Waals surface area contributed by atoms with Crippen LogP contribution in [0.5, 0.6) is 0 Å². The molecule has 1 heterocycles. The van der Waals surface area contributed by atoms with Gasteiger partial charge in [-0.25, -0.2) is 0 Å². The highest BCUT2D eigenvalue weighted by atomic mass is 15.2. The van der Waals surface area contributed by atoms with E-state index in [1.807, 2.05) is 0 Å². The molecule has 0 saturated carbocycles. The Morgan fingerprint density at radius 2 is 2.05 bits per heavy atom. The average molecular weight is 260 g/mol. The predicted octanol–water partition coefficient (Wildman–Crippen LogP) is 3.46. The summed E-state index contributed by atoms with van der Waals surface area (Å²) in [6, 6.07) is 9.38. The highest BCUT2D eigenvalue weighted by Gasteiger charge is 2.30. The number of anilines is 1. The molecule has 0 amide bonds. The van der Waals surface area contributed by atoms with E-state index in [4.69, 9.17) is 0 Å². The van der Waals surface area contributed by atoms with Gasteiger partial charge >= 0.3 is 0 Å². The fourth-order valence-corrected chi connectivity index (χ4v) is 2.84. The number of hydrogen-bond acceptors (Lipinski definition) is 2. The summed E-state index contributed by atoms with van der Waals surface area (Å²) in [5, 5.41) is 3.64. The molecule has 1 aromatic carbocycles. The first-order chi connectivity index (χ1) is 9.04. The number of hydrogen-bond donors (Lipinski definition) is 1. The van der Waals surface area contributed by atoms with Crippen LogP contribution in [-0.2, 0) is 6.42 Å². The molecule has 0 spiro atoms. The van der Waals surface area contributed by atoms with E-state index in [2.05, 4.69) is 62.2 Å². The van der Waals surface area contributed by atoms with Crippen molar-refractivity contribution < 1.29 is 0 Å². The first-order valence-corrected chi connectivity index (χ1v) is 7.61. The second-order valence-electron chi connectivity index (χ2n) is 6.46. The average Bonchev–Trinajstić information content (AvgIpc) is 2.79. The molecule has 2 rings (SSSR count). The Morgan fingerprint density at radius 3 is 2.79 bits per heavy atom. The van der Waals surface area contributed by atoms with Crippen LogP contribution >= 0.6 is 0 Å². The van der Waals surface area contributed by atoms with Crippen molar-refractivity contribution >= 4 is 5.69 Å². The summed E-state index contributed by atoms with van der Waals surface area (Å²) in [4.78, 5) is 2.56. The van der Waals surface area contributed by atoms with Crippen LogP contribution in [0.4, 0.5) is 5.69 Å². The SMILES string of the molecule is CCCNC(C)C(C)(C)CN1CCc2ccccc21. The fraction of sp³-hybridized carbons (Fsp3) is 0.647. The molecule has 0 bridgehead atoms. The van der Waals surface area contributed by atoms with Crippen molar-refractivity contribution in [2.24, 2.45) is 5.41 Å². The lowest BCUT2D eigenvalue weighted by Crippen LogP contribution is -2.46. The summed E-state index contributed by atoms with van der Waals surface area (Å²) in [6.07, 6.45) is 2.40. The standard InChI is InChI=1S/C17H28N2/c1-5-11-18-14(2)17(3,4)13-19-12-10-15-8-6-7-9-16(15)19/h6-9,14,18H,5,10-13H2,1-4H3. The van der Waals surface area contributed by atoms with Gasteiger partial charge in [0.1, 0.15) is 0 Å².